The van der Waals surface area contributed by atoms with Gasteiger partial charge in [0.2, 0.25) is 0 Å². The third-order valence-corrected chi connectivity index (χ3v) is 4.24. The van der Waals surface area contributed by atoms with Crippen molar-refractivity contribution in [2.45, 2.75) is 18.5 Å². The molecule has 1 aliphatic rings. The first-order valence-corrected chi connectivity index (χ1v) is 7.78. The minimum Gasteiger partial charge on any atom is -0.383 e. The second-order valence-electron chi connectivity index (χ2n) is 5.86. The Bertz CT molecular complexity index is 686. The maximum atomic E-state index is 12.9. The molecule has 130 valence electrons. The van der Waals surface area contributed by atoms with Gasteiger partial charge in [-0.15, -0.1) is 0 Å². The molecular formula is C16H19F3N4O. The Balaban J connectivity index is 1.82. The number of rotatable bonds is 5. The van der Waals surface area contributed by atoms with Gasteiger partial charge in [0.15, 0.2) is 0 Å². The summed E-state index contributed by atoms with van der Waals surface area (Å²) >= 11 is 0. The van der Waals surface area contributed by atoms with Crippen molar-refractivity contribution < 1.29 is 17.9 Å². The zero-order valence-electron chi connectivity index (χ0n) is 13.3. The van der Waals surface area contributed by atoms with Crippen LogP contribution in [0, 0.1) is 0 Å². The molecule has 8 heteroatoms. The first-order chi connectivity index (χ1) is 11.5. The topological polar surface area (TPSA) is 43.2 Å². The summed E-state index contributed by atoms with van der Waals surface area (Å²) in [6.07, 6.45) is -2.07. The Hall–Kier alpha value is -1.93. The molecular weight excluding hydrogens is 321 g/mol. The molecule has 5 nitrogen and oxygen atoms in total. The predicted octanol–water partition coefficient (Wildman–Crippen LogP) is 2.72. The summed E-state index contributed by atoms with van der Waals surface area (Å²) in [6, 6.07) is 5.17. The van der Waals surface area contributed by atoms with Crippen molar-refractivity contribution in [1.29, 1.82) is 0 Å². The molecule has 0 spiro atoms. The maximum absolute atomic E-state index is 12.9. The number of hydrogen-bond acceptors (Lipinski definition) is 4. The van der Waals surface area contributed by atoms with E-state index in [-0.39, 0.29) is 5.92 Å². The average Bonchev–Trinajstić information content (AvgIpc) is 3.21. The van der Waals surface area contributed by atoms with E-state index in [1.807, 2.05) is 0 Å². The predicted molar refractivity (Wildman–Crippen MR) is 82.0 cm³/mol. The molecule has 3 rings (SSSR count). The Morgan fingerprint density at radius 2 is 2.17 bits per heavy atom. The van der Waals surface area contributed by atoms with Crippen LogP contribution < -0.4 is 0 Å². The molecule has 1 aliphatic heterocycles. The molecule has 0 radical (unpaired) electrons. The number of nitrogens with zero attached hydrogens (tertiary/aromatic N) is 4. The fourth-order valence-corrected chi connectivity index (χ4v) is 3.01. The van der Waals surface area contributed by atoms with E-state index < -0.39 is 11.7 Å². The van der Waals surface area contributed by atoms with Gasteiger partial charge >= 0.3 is 6.18 Å². The van der Waals surface area contributed by atoms with E-state index in [0.717, 1.165) is 38.2 Å². The van der Waals surface area contributed by atoms with E-state index in [4.69, 9.17) is 4.74 Å². The largest absolute Gasteiger partial charge is 0.416 e. The first-order valence-electron chi connectivity index (χ1n) is 7.78. The van der Waals surface area contributed by atoms with Crippen LogP contribution in [-0.4, -0.2) is 53.0 Å². The Morgan fingerprint density at radius 3 is 2.92 bits per heavy atom. The second kappa shape index (κ2) is 6.90. The van der Waals surface area contributed by atoms with Crippen molar-refractivity contribution in [2.24, 2.45) is 0 Å². The van der Waals surface area contributed by atoms with E-state index >= 15 is 0 Å². The highest BCUT2D eigenvalue weighted by molar-refractivity contribution is 5.37. The number of aromatic nitrogens is 3. The molecule has 1 fully saturated rings. The highest BCUT2D eigenvalue weighted by Crippen LogP contribution is 2.31. The number of methoxy groups -OCH3 is 1. The zero-order valence-corrected chi connectivity index (χ0v) is 13.3. The van der Waals surface area contributed by atoms with E-state index in [1.165, 1.54) is 17.1 Å². The molecule has 1 atom stereocenters. The first kappa shape index (κ1) is 16.9. The Kier molecular flexibility index (Phi) is 4.86. The van der Waals surface area contributed by atoms with Gasteiger partial charge in [0.05, 0.1) is 17.9 Å². The molecule has 1 aromatic heterocycles. The third-order valence-electron chi connectivity index (χ3n) is 4.24. The van der Waals surface area contributed by atoms with Crippen molar-refractivity contribution in [1.82, 2.24) is 19.7 Å². The lowest BCUT2D eigenvalue weighted by Crippen LogP contribution is -2.25. The van der Waals surface area contributed by atoms with Crippen LogP contribution in [0.1, 0.15) is 23.7 Å². The van der Waals surface area contributed by atoms with Gasteiger partial charge in [0.1, 0.15) is 12.2 Å². The summed E-state index contributed by atoms with van der Waals surface area (Å²) < 4.78 is 45.4. The summed E-state index contributed by atoms with van der Waals surface area (Å²) in [6.45, 7) is 3.22. The molecule has 24 heavy (non-hydrogen) atoms. The van der Waals surface area contributed by atoms with Crippen molar-refractivity contribution in [3.8, 4) is 5.69 Å². The minimum atomic E-state index is -4.37. The number of halogens is 3. The van der Waals surface area contributed by atoms with Crippen LogP contribution in [0.2, 0.25) is 0 Å². The molecule has 1 aromatic carbocycles. The van der Waals surface area contributed by atoms with E-state index in [2.05, 4.69) is 15.0 Å². The van der Waals surface area contributed by atoms with Crippen molar-refractivity contribution >= 4 is 0 Å². The van der Waals surface area contributed by atoms with Gasteiger partial charge in [0, 0.05) is 26.1 Å². The van der Waals surface area contributed by atoms with Crippen LogP contribution in [0.4, 0.5) is 13.2 Å². The monoisotopic (exact) mass is 340 g/mol. The van der Waals surface area contributed by atoms with E-state index in [9.17, 15) is 13.2 Å². The minimum absolute atomic E-state index is 0.152. The number of likely N-dealkylation sites (tertiary alicyclic amines) is 1. The van der Waals surface area contributed by atoms with Gasteiger partial charge in [-0.1, -0.05) is 6.07 Å². The van der Waals surface area contributed by atoms with Crippen molar-refractivity contribution in [2.75, 3.05) is 33.4 Å². The summed E-state index contributed by atoms with van der Waals surface area (Å²) in [7, 11) is 1.66. The molecule has 0 N–H and O–H groups in total. The van der Waals surface area contributed by atoms with Gasteiger partial charge in [-0.3, -0.25) is 0 Å². The molecule has 1 saturated heterocycles. The fraction of sp³-hybridized carbons (Fsp3) is 0.500. The van der Waals surface area contributed by atoms with Crippen LogP contribution in [0.3, 0.4) is 0 Å². The standard InChI is InChI=1S/C16H19F3N4O/c1-24-8-7-22-6-5-12(10-22)15-20-11-21-23(15)14-4-2-3-13(9-14)16(17,18)19/h2-4,9,11-12H,5-8,10H2,1H3. The Labute approximate surface area is 138 Å². The lowest BCUT2D eigenvalue weighted by molar-refractivity contribution is -0.137. The van der Waals surface area contributed by atoms with Crippen LogP contribution in [0.25, 0.3) is 5.69 Å². The Morgan fingerprint density at radius 1 is 1.33 bits per heavy atom. The van der Waals surface area contributed by atoms with Gasteiger partial charge in [-0.25, -0.2) is 9.67 Å². The lowest BCUT2D eigenvalue weighted by atomic mass is 10.1. The van der Waals surface area contributed by atoms with E-state index in [0.29, 0.717) is 18.1 Å². The van der Waals surface area contributed by atoms with Crippen LogP contribution >= 0.6 is 0 Å². The smallest absolute Gasteiger partial charge is 0.383 e. The second-order valence-corrected chi connectivity index (χ2v) is 5.86. The molecule has 0 saturated carbocycles. The maximum Gasteiger partial charge on any atom is 0.416 e. The van der Waals surface area contributed by atoms with E-state index in [1.54, 1.807) is 13.2 Å². The number of hydrogen-bond donors (Lipinski definition) is 0. The zero-order chi connectivity index (χ0) is 17.2. The van der Waals surface area contributed by atoms with Crippen LogP contribution in [-0.2, 0) is 10.9 Å². The fourth-order valence-electron chi connectivity index (χ4n) is 3.01. The molecule has 2 aromatic rings. The molecule has 1 unspecified atom stereocenters. The third kappa shape index (κ3) is 3.59. The highest BCUT2D eigenvalue weighted by atomic mass is 19.4. The highest BCUT2D eigenvalue weighted by Gasteiger charge is 2.31. The quantitative estimate of drug-likeness (QED) is 0.839. The molecule has 2 heterocycles. The van der Waals surface area contributed by atoms with Crippen LogP contribution in [0.5, 0.6) is 0 Å². The molecule has 0 bridgehead atoms. The number of ether oxygens (including phenoxy) is 1. The van der Waals surface area contributed by atoms with Crippen molar-refractivity contribution in [3.63, 3.8) is 0 Å². The summed E-state index contributed by atoms with van der Waals surface area (Å²) in [5.41, 5.74) is -0.303. The molecule has 0 amide bonds. The van der Waals surface area contributed by atoms with Crippen molar-refractivity contribution in [3.05, 3.63) is 42.0 Å². The number of benzene rings is 1. The SMILES string of the molecule is COCCN1CCC(c2ncnn2-c2cccc(C(F)(F)F)c2)C1. The molecule has 0 aliphatic carbocycles. The van der Waals surface area contributed by atoms with Gasteiger partial charge in [-0.2, -0.15) is 18.3 Å². The normalized spacial score (nSPS) is 19.1. The summed E-state index contributed by atoms with van der Waals surface area (Å²) in [5.74, 6) is 0.855. The van der Waals surface area contributed by atoms with Gasteiger partial charge < -0.3 is 9.64 Å². The number of alkyl halides is 3. The summed E-state index contributed by atoms with van der Waals surface area (Å²) in [4.78, 5) is 6.56. The average molecular weight is 340 g/mol. The van der Waals surface area contributed by atoms with Gasteiger partial charge in [-0.05, 0) is 31.2 Å². The lowest BCUT2D eigenvalue weighted by Gasteiger charge is -2.16. The summed E-state index contributed by atoms with van der Waals surface area (Å²) in [5, 5.41) is 4.14. The van der Waals surface area contributed by atoms with Crippen LogP contribution in [0.15, 0.2) is 30.6 Å². The van der Waals surface area contributed by atoms with Gasteiger partial charge in [0.25, 0.3) is 0 Å².